The van der Waals surface area contributed by atoms with Gasteiger partial charge in [-0.2, -0.15) is 0 Å². The first-order valence-corrected chi connectivity index (χ1v) is 11.5. The van der Waals surface area contributed by atoms with Crippen molar-refractivity contribution < 1.29 is 9.90 Å². The van der Waals surface area contributed by atoms with E-state index in [0.29, 0.717) is 5.75 Å². The van der Waals surface area contributed by atoms with Gasteiger partial charge in [-0.1, -0.05) is 97.1 Å². The number of carbonyl (C=O) groups excluding carboxylic acids is 1. The number of hydrogen-bond acceptors (Lipinski definition) is 2. The van der Waals surface area contributed by atoms with Crippen molar-refractivity contribution in [2.45, 2.75) is 38.5 Å². The van der Waals surface area contributed by atoms with E-state index in [1.165, 1.54) is 27.8 Å². The molecule has 4 rings (SSSR count). The summed E-state index contributed by atoms with van der Waals surface area (Å²) in [4.78, 5) is 8.00. The third-order valence-corrected chi connectivity index (χ3v) is 6.04. The largest absolute Gasteiger partial charge is 0.508 e. The zero-order chi connectivity index (χ0) is 23.3. The summed E-state index contributed by atoms with van der Waals surface area (Å²) in [6.07, 6.45) is 5.75. The normalized spacial score (nSPS) is 10.3. The van der Waals surface area contributed by atoms with Crippen molar-refractivity contribution in [2.75, 3.05) is 0 Å². The minimum absolute atomic E-state index is 0.433. The van der Waals surface area contributed by atoms with Crippen LogP contribution in [-0.2, 0) is 43.3 Å². The Morgan fingerprint density at radius 2 is 0.848 bits per heavy atom. The Balaban J connectivity index is 0.00000149. The lowest BCUT2D eigenvalue weighted by molar-refractivity contribution is -0.0979. The maximum absolute atomic E-state index is 10.8. The Morgan fingerprint density at radius 3 is 1.30 bits per heavy atom. The van der Waals surface area contributed by atoms with E-state index < -0.39 is 0 Å². The highest BCUT2D eigenvalue weighted by molar-refractivity contribution is 5.46. The molecule has 0 fully saturated rings. The van der Waals surface area contributed by atoms with Crippen molar-refractivity contribution in [1.82, 2.24) is 0 Å². The minimum atomic E-state index is 0.433. The van der Waals surface area contributed by atoms with Crippen LogP contribution in [0.25, 0.3) is 0 Å². The number of hydrogen-bond donors (Lipinski definition) is 1. The summed E-state index contributed by atoms with van der Waals surface area (Å²) in [7, 11) is 0. The molecule has 2 nitrogen and oxygen atoms in total. The molecule has 0 aliphatic rings. The van der Waals surface area contributed by atoms with Crippen LogP contribution in [0, 0.1) is 0 Å². The molecule has 4 aromatic carbocycles. The first-order valence-electron chi connectivity index (χ1n) is 11.5. The molecule has 0 saturated heterocycles. The third-order valence-electron chi connectivity index (χ3n) is 6.04. The maximum Gasteiger partial charge on any atom is 0.119 e. The maximum atomic E-state index is 10.8. The van der Waals surface area contributed by atoms with Gasteiger partial charge in [0.05, 0.1) is 0 Å². The highest BCUT2D eigenvalue weighted by Crippen LogP contribution is 2.29. The number of phenols is 1. The van der Waals surface area contributed by atoms with Crippen LogP contribution in [0.2, 0.25) is 0 Å². The van der Waals surface area contributed by atoms with E-state index in [4.69, 9.17) is 4.79 Å². The van der Waals surface area contributed by atoms with Crippen molar-refractivity contribution in [3.63, 3.8) is 0 Å². The molecule has 0 saturated carbocycles. The lowest BCUT2D eigenvalue weighted by Crippen LogP contribution is -2.06. The fraction of sp³-hybridized carbons (Fsp3) is 0.194. The summed E-state index contributed by atoms with van der Waals surface area (Å²) >= 11 is 0. The van der Waals surface area contributed by atoms with E-state index in [0.717, 1.165) is 44.1 Å². The molecule has 0 spiro atoms. The first kappa shape index (κ1) is 24.0. The van der Waals surface area contributed by atoms with Gasteiger partial charge in [0.25, 0.3) is 0 Å². The fourth-order valence-electron chi connectivity index (χ4n) is 4.31. The van der Waals surface area contributed by atoms with Gasteiger partial charge in [-0.15, -0.1) is 0 Å². The highest BCUT2D eigenvalue weighted by atomic mass is 16.3. The van der Waals surface area contributed by atoms with Crippen LogP contribution >= 0.6 is 0 Å². The molecule has 0 aliphatic carbocycles. The predicted octanol–water partition coefficient (Wildman–Crippen LogP) is 6.56. The average molecular weight is 437 g/mol. The van der Waals surface area contributed by atoms with Gasteiger partial charge in [0.1, 0.15) is 12.5 Å². The van der Waals surface area contributed by atoms with E-state index >= 15 is 0 Å². The van der Waals surface area contributed by atoms with Gasteiger partial charge in [-0.3, -0.25) is 0 Å². The van der Waals surface area contributed by atoms with Crippen LogP contribution in [0.5, 0.6) is 5.75 Å². The number of rotatable bonds is 9. The van der Waals surface area contributed by atoms with Crippen molar-refractivity contribution >= 4 is 6.79 Å². The Kier molecular flexibility index (Phi) is 9.47. The zero-order valence-corrected chi connectivity index (χ0v) is 19.1. The Labute approximate surface area is 197 Å². The van der Waals surface area contributed by atoms with E-state index in [1.807, 2.05) is 12.9 Å². The number of aromatic hydroxyl groups is 1. The first-order chi connectivity index (χ1) is 16.3. The second kappa shape index (κ2) is 13.0. The van der Waals surface area contributed by atoms with Gasteiger partial charge in [0, 0.05) is 0 Å². The molecule has 0 radical (unpaired) electrons. The number of aryl methyl sites for hydroxylation is 4. The Bertz CT molecular complexity index is 1090. The molecular weight excluding hydrogens is 404 g/mol. The second-order valence-electron chi connectivity index (χ2n) is 8.16. The number of carbonyl (C=O) groups is 1. The van der Waals surface area contributed by atoms with Crippen LogP contribution in [0.15, 0.2) is 103 Å². The fourth-order valence-corrected chi connectivity index (χ4v) is 4.31. The Hall–Kier alpha value is -3.65. The van der Waals surface area contributed by atoms with Gasteiger partial charge < -0.3 is 9.90 Å². The Morgan fingerprint density at radius 1 is 0.455 bits per heavy atom. The van der Waals surface area contributed by atoms with Gasteiger partial charge in [0.15, 0.2) is 0 Å². The molecule has 4 aromatic rings. The molecule has 33 heavy (non-hydrogen) atoms. The van der Waals surface area contributed by atoms with E-state index in [-0.39, 0.29) is 0 Å². The van der Waals surface area contributed by atoms with Crippen molar-refractivity contribution in [1.29, 1.82) is 0 Å². The van der Waals surface area contributed by atoms with Crippen molar-refractivity contribution in [3.05, 3.63) is 137 Å². The SMILES string of the molecule is C=O.Oc1ccc(CCc2ccccc2)c(CCc2ccccc2)c1CCc1ccccc1. The lowest BCUT2D eigenvalue weighted by Gasteiger charge is -2.17. The van der Waals surface area contributed by atoms with Gasteiger partial charge in [0.2, 0.25) is 0 Å². The molecule has 0 amide bonds. The molecule has 2 heteroatoms. The van der Waals surface area contributed by atoms with E-state index in [2.05, 4.69) is 97.1 Å². The van der Waals surface area contributed by atoms with Crippen LogP contribution in [0.3, 0.4) is 0 Å². The van der Waals surface area contributed by atoms with E-state index in [9.17, 15) is 5.11 Å². The second-order valence-corrected chi connectivity index (χ2v) is 8.16. The van der Waals surface area contributed by atoms with Gasteiger partial charge >= 0.3 is 0 Å². The van der Waals surface area contributed by atoms with Gasteiger partial charge in [-0.25, -0.2) is 0 Å². The smallest absolute Gasteiger partial charge is 0.119 e. The average Bonchev–Trinajstić information content (AvgIpc) is 2.89. The minimum Gasteiger partial charge on any atom is -0.508 e. The summed E-state index contributed by atoms with van der Waals surface area (Å²) in [5.41, 5.74) is 7.82. The molecule has 0 unspecified atom stereocenters. The highest BCUT2D eigenvalue weighted by Gasteiger charge is 2.14. The quantitative estimate of drug-likeness (QED) is 0.322. The van der Waals surface area contributed by atoms with Crippen molar-refractivity contribution in [2.24, 2.45) is 0 Å². The topological polar surface area (TPSA) is 37.3 Å². The van der Waals surface area contributed by atoms with Crippen molar-refractivity contribution in [3.8, 4) is 5.75 Å². The van der Waals surface area contributed by atoms with Crippen LogP contribution in [0.1, 0.15) is 33.4 Å². The predicted molar refractivity (Wildman–Crippen MR) is 137 cm³/mol. The van der Waals surface area contributed by atoms with Crippen LogP contribution in [-0.4, -0.2) is 11.9 Å². The molecule has 0 aromatic heterocycles. The zero-order valence-electron chi connectivity index (χ0n) is 19.1. The lowest BCUT2D eigenvalue weighted by atomic mass is 9.88. The number of phenolic OH excluding ortho intramolecular Hbond substituents is 1. The molecule has 168 valence electrons. The molecule has 0 bridgehead atoms. The monoisotopic (exact) mass is 436 g/mol. The molecule has 0 aliphatic heterocycles. The molecule has 0 atom stereocenters. The summed E-state index contributed by atoms with van der Waals surface area (Å²) in [5, 5.41) is 10.8. The number of benzene rings is 4. The van der Waals surface area contributed by atoms with Crippen LogP contribution in [0.4, 0.5) is 0 Å². The standard InChI is InChI=1S/C30H30O.CH2O/c31-30-23-20-27(19-16-24-10-4-1-5-11-24)28(21-17-25-12-6-2-7-13-25)29(30)22-18-26-14-8-3-9-15-26;1-2/h1-15,20,23,31H,16-19,21-22H2;1H2. The molecular formula is C31H32O2. The molecule has 1 N–H and O–H groups in total. The van der Waals surface area contributed by atoms with Gasteiger partial charge in [-0.05, 0) is 78.0 Å². The summed E-state index contributed by atoms with van der Waals surface area (Å²) < 4.78 is 0. The summed E-state index contributed by atoms with van der Waals surface area (Å²) in [6.45, 7) is 2.00. The van der Waals surface area contributed by atoms with Crippen LogP contribution < -0.4 is 0 Å². The third kappa shape index (κ3) is 7.18. The molecule has 0 heterocycles. The van der Waals surface area contributed by atoms with E-state index in [1.54, 1.807) is 0 Å². The summed E-state index contributed by atoms with van der Waals surface area (Å²) in [6, 6.07) is 35.9. The summed E-state index contributed by atoms with van der Waals surface area (Å²) in [5.74, 6) is 0.433.